The molecule has 2 aliphatic rings. The van der Waals surface area contributed by atoms with Gasteiger partial charge in [0.1, 0.15) is 0 Å². The lowest BCUT2D eigenvalue weighted by Crippen LogP contribution is -2.45. The molecule has 2 aliphatic heterocycles. The molecule has 5 heteroatoms. The van der Waals surface area contributed by atoms with E-state index in [2.05, 4.69) is 20.9 Å². The molecular weight excluding hydrogens is 312 g/mol. The van der Waals surface area contributed by atoms with Crippen LogP contribution in [0.1, 0.15) is 35.3 Å². The van der Waals surface area contributed by atoms with Crippen molar-refractivity contribution in [2.45, 2.75) is 25.8 Å². The molecule has 0 unspecified atom stereocenters. The molecule has 2 aromatic heterocycles. The molecule has 0 aromatic carbocycles. The number of amides is 1. The first-order chi connectivity index (χ1) is 12.2. The van der Waals surface area contributed by atoms with E-state index in [1.165, 1.54) is 12.8 Å². The lowest BCUT2D eigenvalue weighted by molar-refractivity contribution is 0.0672. The van der Waals surface area contributed by atoms with Crippen LogP contribution >= 0.6 is 0 Å². The number of hydrogen-bond donors (Lipinski definition) is 0. The standard InChI is InChI=1S/C20H24N4O/c25-19(17-5-3-9-21-13-17)24-12-8-20(16-24)7-4-11-23(15-20)14-18-6-1-2-10-22-18/h1-3,5-6,9-10,13H,4,7-8,11-12,14-16H2/t20-/m1/s1. The topological polar surface area (TPSA) is 49.3 Å². The van der Waals surface area contributed by atoms with E-state index in [-0.39, 0.29) is 11.3 Å². The van der Waals surface area contributed by atoms with E-state index in [0.29, 0.717) is 5.56 Å². The fraction of sp³-hybridized carbons (Fsp3) is 0.450. The van der Waals surface area contributed by atoms with E-state index < -0.39 is 0 Å². The summed E-state index contributed by atoms with van der Waals surface area (Å²) < 4.78 is 0. The Bertz CT molecular complexity index is 721. The average molecular weight is 336 g/mol. The van der Waals surface area contributed by atoms with Gasteiger partial charge in [0, 0.05) is 50.2 Å². The minimum absolute atomic E-state index is 0.117. The van der Waals surface area contributed by atoms with Crippen molar-refractivity contribution >= 4 is 5.91 Å². The van der Waals surface area contributed by atoms with Gasteiger partial charge in [0.2, 0.25) is 0 Å². The van der Waals surface area contributed by atoms with Gasteiger partial charge in [-0.15, -0.1) is 0 Å². The molecule has 130 valence electrons. The predicted molar refractivity (Wildman–Crippen MR) is 95.9 cm³/mol. The minimum atomic E-state index is 0.117. The third kappa shape index (κ3) is 3.56. The summed E-state index contributed by atoms with van der Waals surface area (Å²) in [6.07, 6.45) is 8.74. The summed E-state index contributed by atoms with van der Waals surface area (Å²) in [4.78, 5) is 25.8. The lowest BCUT2D eigenvalue weighted by atomic mass is 9.79. The minimum Gasteiger partial charge on any atom is -0.338 e. The Balaban J connectivity index is 1.41. The number of pyridine rings is 2. The zero-order chi connectivity index (χ0) is 17.1. The van der Waals surface area contributed by atoms with Crippen LogP contribution in [0.15, 0.2) is 48.9 Å². The van der Waals surface area contributed by atoms with Crippen molar-refractivity contribution in [2.24, 2.45) is 5.41 Å². The van der Waals surface area contributed by atoms with Crippen LogP contribution in [0.5, 0.6) is 0 Å². The van der Waals surface area contributed by atoms with Crippen molar-refractivity contribution < 1.29 is 4.79 Å². The van der Waals surface area contributed by atoms with Gasteiger partial charge in [-0.3, -0.25) is 19.7 Å². The molecule has 0 radical (unpaired) electrons. The van der Waals surface area contributed by atoms with Crippen LogP contribution in [0, 0.1) is 5.41 Å². The van der Waals surface area contributed by atoms with Crippen LogP contribution in [-0.4, -0.2) is 51.9 Å². The highest BCUT2D eigenvalue weighted by molar-refractivity contribution is 5.94. The summed E-state index contributed by atoms with van der Waals surface area (Å²) in [5, 5.41) is 0. The fourth-order valence-corrected chi connectivity index (χ4v) is 4.28. The van der Waals surface area contributed by atoms with Crippen LogP contribution in [-0.2, 0) is 6.54 Å². The van der Waals surface area contributed by atoms with Gasteiger partial charge in [-0.2, -0.15) is 0 Å². The van der Waals surface area contributed by atoms with Gasteiger partial charge in [0.05, 0.1) is 11.3 Å². The highest BCUT2D eigenvalue weighted by Crippen LogP contribution is 2.39. The van der Waals surface area contributed by atoms with Crippen LogP contribution in [0.2, 0.25) is 0 Å². The maximum atomic E-state index is 12.7. The van der Waals surface area contributed by atoms with Crippen molar-refractivity contribution in [1.82, 2.24) is 19.8 Å². The zero-order valence-corrected chi connectivity index (χ0v) is 14.5. The van der Waals surface area contributed by atoms with Gasteiger partial charge < -0.3 is 4.90 Å². The number of carbonyl (C=O) groups excluding carboxylic acids is 1. The Kier molecular flexibility index (Phi) is 4.49. The van der Waals surface area contributed by atoms with Crippen molar-refractivity contribution in [3.05, 3.63) is 60.2 Å². The SMILES string of the molecule is O=C(c1cccnc1)N1CC[C@@]2(CCCN(Cc3ccccn3)C2)C1. The van der Waals surface area contributed by atoms with Gasteiger partial charge >= 0.3 is 0 Å². The summed E-state index contributed by atoms with van der Waals surface area (Å²) in [5.41, 5.74) is 2.06. The smallest absolute Gasteiger partial charge is 0.255 e. The highest BCUT2D eigenvalue weighted by Gasteiger charge is 2.42. The number of piperidine rings is 1. The van der Waals surface area contributed by atoms with Crippen LogP contribution in [0.3, 0.4) is 0 Å². The number of rotatable bonds is 3. The molecule has 2 saturated heterocycles. The van der Waals surface area contributed by atoms with E-state index in [9.17, 15) is 4.79 Å². The average Bonchev–Trinajstić information content (AvgIpc) is 3.06. The number of aromatic nitrogens is 2. The maximum Gasteiger partial charge on any atom is 0.255 e. The molecule has 0 saturated carbocycles. The molecule has 2 fully saturated rings. The van der Waals surface area contributed by atoms with Gasteiger partial charge in [0.25, 0.3) is 5.91 Å². The molecule has 0 N–H and O–H groups in total. The highest BCUT2D eigenvalue weighted by atomic mass is 16.2. The molecule has 4 rings (SSSR count). The predicted octanol–water partition coefficient (Wildman–Crippen LogP) is 2.60. The van der Waals surface area contributed by atoms with E-state index in [0.717, 1.165) is 44.8 Å². The van der Waals surface area contributed by atoms with Crippen molar-refractivity contribution in [2.75, 3.05) is 26.2 Å². The van der Waals surface area contributed by atoms with E-state index in [4.69, 9.17) is 0 Å². The third-order valence-electron chi connectivity index (χ3n) is 5.49. The summed E-state index contributed by atoms with van der Waals surface area (Å²) in [7, 11) is 0. The van der Waals surface area contributed by atoms with Crippen molar-refractivity contribution in [3.8, 4) is 0 Å². The maximum absolute atomic E-state index is 12.7. The van der Waals surface area contributed by atoms with Gasteiger partial charge in [-0.25, -0.2) is 0 Å². The molecule has 5 nitrogen and oxygen atoms in total. The zero-order valence-electron chi connectivity index (χ0n) is 14.5. The second-order valence-electron chi connectivity index (χ2n) is 7.35. The fourth-order valence-electron chi connectivity index (χ4n) is 4.28. The summed E-state index contributed by atoms with van der Waals surface area (Å²) in [6, 6.07) is 9.78. The van der Waals surface area contributed by atoms with Crippen LogP contribution < -0.4 is 0 Å². The van der Waals surface area contributed by atoms with Crippen molar-refractivity contribution in [1.29, 1.82) is 0 Å². The molecule has 25 heavy (non-hydrogen) atoms. The largest absolute Gasteiger partial charge is 0.338 e. The quantitative estimate of drug-likeness (QED) is 0.864. The lowest BCUT2D eigenvalue weighted by Gasteiger charge is -2.40. The van der Waals surface area contributed by atoms with E-state index >= 15 is 0 Å². The Hall–Kier alpha value is -2.27. The molecule has 4 heterocycles. The second-order valence-corrected chi connectivity index (χ2v) is 7.35. The number of hydrogen-bond acceptors (Lipinski definition) is 4. The molecule has 1 spiro atoms. The number of likely N-dealkylation sites (tertiary alicyclic amines) is 2. The Morgan fingerprint density at radius 3 is 2.84 bits per heavy atom. The first-order valence-corrected chi connectivity index (χ1v) is 9.06. The monoisotopic (exact) mass is 336 g/mol. The van der Waals surface area contributed by atoms with Gasteiger partial charge in [0.15, 0.2) is 0 Å². The van der Waals surface area contributed by atoms with Crippen LogP contribution in [0.4, 0.5) is 0 Å². The first-order valence-electron chi connectivity index (χ1n) is 9.06. The third-order valence-corrected chi connectivity index (χ3v) is 5.49. The van der Waals surface area contributed by atoms with E-state index in [1.807, 2.05) is 35.4 Å². The summed E-state index contributed by atoms with van der Waals surface area (Å²) >= 11 is 0. The Morgan fingerprint density at radius 1 is 1.08 bits per heavy atom. The Morgan fingerprint density at radius 2 is 2.04 bits per heavy atom. The van der Waals surface area contributed by atoms with Crippen LogP contribution in [0.25, 0.3) is 0 Å². The first kappa shape index (κ1) is 16.2. The number of nitrogens with zero attached hydrogens (tertiary/aromatic N) is 4. The molecule has 0 aliphatic carbocycles. The normalized spacial score (nSPS) is 23.9. The van der Waals surface area contributed by atoms with E-state index in [1.54, 1.807) is 12.4 Å². The second kappa shape index (κ2) is 6.92. The van der Waals surface area contributed by atoms with Gasteiger partial charge in [-0.1, -0.05) is 6.07 Å². The summed E-state index contributed by atoms with van der Waals surface area (Å²) in [5.74, 6) is 0.117. The molecular formula is C20H24N4O. The molecule has 1 atom stereocenters. The summed E-state index contributed by atoms with van der Waals surface area (Å²) in [6.45, 7) is 4.79. The number of carbonyl (C=O) groups is 1. The molecule has 0 bridgehead atoms. The Labute approximate surface area is 148 Å². The van der Waals surface area contributed by atoms with Gasteiger partial charge in [-0.05, 0) is 50.1 Å². The molecule has 1 amide bonds. The van der Waals surface area contributed by atoms with Crippen molar-refractivity contribution in [3.63, 3.8) is 0 Å². The molecule has 2 aromatic rings.